The lowest BCUT2D eigenvalue weighted by molar-refractivity contribution is 0.122. The summed E-state index contributed by atoms with van der Waals surface area (Å²) >= 11 is 0. The van der Waals surface area contributed by atoms with Crippen LogP contribution in [0.4, 0.5) is 5.95 Å². The molecular weight excluding hydrogens is 316 g/mol. The highest BCUT2D eigenvalue weighted by Gasteiger charge is 2.23. The lowest BCUT2D eigenvalue weighted by atomic mass is 9.93. The maximum Gasteiger partial charge on any atom is 0.225 e. The van der Waals surface area contributed by atoms with Gasteiger partial charge in [0.15, 0.2) is 0 Å². The molecule has 2 aliphatic rings. The van der Waals surface area contributed by atoms with Crippen LogP contribution in [0.15, 0.2) is 18.6 Å². The van der Waals surface area contributed by atoms with E-state index in [4.69, 9.17) is 4.74 Å². The van der Waals surface area contributed by atoms with Gasteiger partial charge in [-0.15, -0.1) is 0 Å². The van der Waals surface area contributed by atoms with Gasteiger partial charge in [0.1, 0.15) is 0 Å². The molecule has 1 aliphatic heterocycles. The Bertz CT molecular complexity index is 692. The quantitative estimate of drug-likeness (QED) is 0.892. The number of morpholine rings is 1. The summed E-state index contributed by atoms with van der Waals surface area (Å²) in [4.78, 5) is 11.2. The van der Waals surface area contributed by atoms with Crippen molar-refractivity contribution < 1.29 is 4.74 Å². The molecule has 25 heavy (non-hydrogen) atoms. The number of hydrogen-bond donors (Lipinski definition) is 1. The number of aryl methyl sites for hydroxylation is 1. The standard InChI is InChI=1S/C18H26N6O/c1-2-24-17-5-3-4-16(15(17)13-22-24)19-10-14-11-20-18(21-12-14)23-6-8-25-9-7-23/h11-13,16,19H,2-10H2,1H3. The van der Waals surface area contributed by atoms with Gasteiger partial charge in [0, 0.05) is 61.4 Å². The van der Waals surface area contributed by atoms with E-state index in [1.54, 1.807) is 0 Å². The fourth-order valence-electron chi connectivity index (χ4n) is 3.71. The molecule has 1 aliphatic carbocycles. The number of hydrogen-bond acceptors (Lipinski definition) is 6. The summed E-state index contributed by atoms with van der Waals surface area (Å²) in [5, 5.41) is 8.18. The SMILES string of the molecule is CCn1ncc2c1CCCC2NCc1cnc(N2CCOCC2)nc1. The van der Waals surface area contributed by atoms with E-state index in [-0.39, 0.29) is 0 Å². The topological polar surface area (TPSA) is 68.1 Å². The molecular formula is C18H26N6O. The van der Waals surface area contributed by atoms with Crippen LogP contribution in [0.5, 0.6) is 0 Å². The summed E-state index contributed by atoms with van der Waals surface area (Å²) in [6.45, 7) is 7.11. The number of anilines is 1. The Kier molecular flexibility index (Phi) is 4.94. The zero-order chi connectivity index (χ0) is 17.1. The first-order valence-electron chi connectivity index (χ1n) is 9.26. The van der Waals surface area contributed by atoms with Crippen molar-refractivity contribution in [1.82, 2.24) is 25.1 Å². The molecule has 0 spiro atoms. The highest BCUT2D eigenvalue weighted by Crippen LogP contribution is 2.29. The summed E-state index contributed by atoms with van der Waals surface area (Å²) in [5.74, 6) is 0.802. The van der Waals surface area contributed by atoms with E-state index in [9.17, 15) is 0 Å². The first kappa shape index (κ1) is 16.5. The fraction of sp³-hybridized carbons (Fsp3) is 0.611. The normalized spacial score (nSPS) is 20.5. The van der Waals surface area contributed by atoms with Crippen LogP contribution in [0.3, 0.4) is 0 Å². The average molecular weight is 342 g/mol. The van der Waals surface area contributed by atoms with Crippen molar-refractivity contribution in [3.05, 3.63) is 35.4 Å². The molecule has 134 valence electrons. The van der Waals surface area contributed by atoms with Crippen LogP contribution in [0.25, 0.3) is 0 Å². The maximum atomic E-state index is 5.38. The third-order valence-corrected chi connectivity index (χ3v) is 5.10. The van der Waals surface area contributed by atoms with Gasteiger partial charge >= 0.3 is 0 Å². The minimum absolute atomic E-state index is 0.378. The number of nitrogens with one attached hydrogen (secondary N) is 1. The number of fused-ring (bicyclic) bond motifs is 1. The molecule has 3 heterocycles. The Morgan fingerprint density at radius 2 is 2.00 bits per heavy atom. The van der Waals surface area contributed by atoms with E-state index < -0.39 is 0 Å². The molecule has 4 rings (SSSR count). The molecule has 0 radical (unpaired) electrons. The molecule has 0 aromatic carbocycles. The average Bonchev–Trinajstić information content (AvgIpc) is 3.11. The highest BCUT2D eigenvalue weighted by molar-refractivity contribution is 5.30. The molecule has 2 aromatic rings. The summed E-state index contributed by atoms with van der Waals surface area (Å²) in [7, 11) is 0. The smallest absolute Gasteiger partial charge is 0.225 e. The maximum absolute atomic E-state index is 5.38. The molecule has 0 bridgehead atoms. The second kappa shape index (κ2) is 7.49. The molecule has 7 nitrogen and oxygen atoms in total. The van der Waals surface area contributed by atoms with Gasteiger partial charge in [0.25, 0.3) is 0 Å². The Hall–Kier alpha value is -1.99. The zero-order valence-corrected chi connectivity index (χ0v) is 14.8. The molecule has 1 atom stereocenters. The second-order valence-corrected chi connectivity index (χ2v) is 6.68. The van der Waals surface area contributed by atoms with E-state index in [1.807, 2.05) is 18.6 Å². The summed E-state index contributed by atoms with van der Waals surface area (Å²) in [5.41, 5.74) is 3.87. The molecule has 0 saturated carbocycles. The van der Waals surface area contributed by atoms with Gasteiger partial charge in [-0.2, -0.15) is 5.10 Å². The summed E-state index contributed by atoms with van der Waals surface area (Å²) < 4.78 is 7.50. The van der Waals surface area contributed by atoms with Crippen LogP contribution in [0.1, 0.15) is 42.6 Å². The van der Waals surface area contributed by atoms with Gasteiger partial charge < -0.3 is 15.0 Å². The lowest BCUT2D eigenvalue weighted by Crippen LogP contribution is -2.37. The van der Waals surface area contributed by atoms with Crippen molar-refractivity contribution in [3.8, 4) is 0 Å². The number of rotatable bonds is 5. The molecule has 1 fully saturated rings. The zero-order valence-electron chi connectivity index (χ0n) is 14.8. The van der Waals surface area contributed by atoms with Crippen LogP contribution in [0.2, 0.25) is 0 Å². The number of nitrogens with zero attached hydrogens (tertiary/aromatic N) is 5. The van der Waals surface area contributed by atoms with Crippen LogP contribution in [0, 0.1) is 0 Å². The molecule has 1 N–H and O–H groups in total. The van der Waals surface area contributed by atoms with Crippen LogP contribution >= 0.6 is 0 Å². The van der Waals surface area contributed by atoms with Crippen molar-refractivity contribution in [3.63, 3.8) is 0 Å². The fourth-order valence-corrected chi connectivity index (χ4v) is 3.71. The van der Waals surface area contributed by atoms with E-state index in [2.05, 4.69) is 36.9 Å². The van der Waals surface area contributed by atoms with Crippen molar-refractivity contribution >= 4 is 5.95 Å². The Morgan fingerprint density at radius 3 is 2.76 bits per heavy atom. The third-order valence-electron chi connectivity index (χ3n) is 5.10. The van der Waals surface area contributed by atoms with Gasteiger partial charge in [0.2, 0.25) is 5.95 Å². The molecule has 2 aromatic heterocycles. The van der Waals surface area contributed by atoms with E-state index in [0.717, 1.165) is 63.7 Å². The second-order valence-electron chi connectivity index (χ2n) is 6.68. The molecule has 0 amide bonds. The Labute approximate surface area is 148 Å². The van der Waals surface area contributed by atoms with Crippen molar-refractivity contribution in [2.75, 3.05) is 31.2 Å². The number of aromatic nitrogens is 4. The minimum Gasteiger partial charge on any atom is -0.378 e. The predicted octanol–water partition coefficient (Wildman–Crippen LogP) is 1.70. The van der Waals surface area contributed by atoms with Gasteiger partial charge in [-0.1, -0.05) is 0 Å². The highest BCUT2D eigenvalue weighted by atomic mass is 16.5. The van der Waals surface area contributed by atoms with E-state index in [0.29, 0.717) is 6.04 Å². The largest absolute Gasteiger partial charge is 0.378 e. The van der Waals surface area contributed by atoms with Gasteiger partial charge in [-0.25, -0.2) is 9.97 Å². The number of ether oxygens (including phenoxy) is 1. The first-order chi connectivity index (χ1) is 12.3. The molecule has 1 saturated heterocycles. The Balaban J connectivity index is 1.38. The van der Waals surface area contributed by atoms with E-state index in [1.165, 1.54) is 17.7 Å². The van der Waals surface area contributed by atoms with Crippen LogP contribution in [-0.2, 0) is 24.2 Å². The van der Waals surface area contributed by atoms with Gasteiger partial charge in [-0.3, -0.25) is 4.68 Å². The minimum atomic E-state index is 0.378. The third kappa shape index (κ3) is 3.52. The Morgan fingerprint density at radius 1 is 1.20 bits per heavy atom. The van der Waals surface area contributed by atoms with Crippen molar-refractivity contribution in [1.29, 1.82) is 0 Å². The molecule has 1 unspecified atom stereocenters. The summed E-state index contributed by atoms with van der Waals surface area (Å²) in [6.07, 6.45) is 9.42. The van der Waals surface area contributed by atoms with Crippen molar-refractivity contribution in [2.45, 2.75) is 45.3 Å². The van der Waals surface area contributed by atoms with Gasteiger partial charge in [0.05, 0.1) is 19.4 Å². The van der Waals surface area contributed by atoms with Crippen LogP contribution < -0.4 is 10.2 Å². The lowest BCUT2D eigenvalue weighted by Gasteiger charge is -2.27. The predicted molar refractivity (Wildman–Crippen MR) is 95.5 cm³/mol. The molecule has 7 heteroatoms. The summed E-state index contributed by atoms with van der Waals surface area (Å²) in [6, 6.07) is 0.378. The van der Waals surface area contributed by atoms with Gasteiger partial charge in [-0.05, 0) is 26.2 Å². The van der Waals surface area contributed by atoms with Crippen LogP contribution in [-0.4, -0.2) is 46.1 Å². The first-order valence-corrected chi connectivity index (χ1v) is 9.26. The van der Waals surface area contributed by atoms with E-state index >= 15 is 0 Å². The van der Waals surface area contributed by atoms with Crippen molar-refractivity contribution in [2.24, 2.45) is 0 Å². The monoisotopic (exact) mass is 342 g/mol.